The zero-order valence-electron chi connectivity index (χ0n) is 18.2. The van der Waals surface area contributed by atoms with Crippen molar-refractivity contribution in [3.63, 3.8) is 0 Å². The lowest BCUT2D eigenvalue weighted by atomic mass is 10.0. The Labute approximate surface area is 198 Å². The van der Waals surface area contributed by atoms with Gasteiger partial charge in [0.15, 0.2) is 0 Å². The van der Waals surface area contributed by atoms with E-state index in [2.05, 4.69) is 24.5 Å². The summed E-state index contributed by atoms with van der Waals surface area (Å²) < 4.78 is 0. The van der Waals surface area contributed by atoms with Crippen LogP contribution >= 0.6 is 23.2 Å². The average Bonchev–Trinajstić information content (AvgIpc) is 2.75. The molecule has 3 aromatic carbocycles. The summed E-state index contributed by atoms with van der Waals surface area (Å²) >= 11 is 12.0. The second kappa shape index (κ2) is 10.5. The minimum Gasteiger partial charge on any atom is -0.341 e. The van der Waals surface area contributed by atoms with Gasteiger partial charge in [-0.3, -0.25) is 4.79 Å². The highest BCUT2D eigenvalue weighted by atomic mass is 35.5. The molecule has 166 valence electrons. The normalized spacial score (nSPS) is 10.7. The predicted octanol–water partition coefficient (Wildman–Crippen LogP) is 7.03. The van der Waals surface area contributed by atoms with Crippen LogP contribution in [-0.4, -0.2) is 30.4 Å². The fraction of sp³-hybridized carbons (Fsp3) is 0.200. The molecule has 0 saturated carbocycles. The number of halogens is 2. The van der Waals surface area contributed by atoms with E-state index in [1.807, 2.05) is 55.6 Å². The van der Waals surface area contributed by atoms with Crippen molar-refractivity contribution < 1.29 is 9.59 Å². The first-order chi connectivity index (χ1) is 15.2. The zero-order chi connectivity index (χ0) is 23.3. The summed E-state index contributed by atoms with van der Waals surface area (Å²) in [6.45, 7) is 4.89. The third-order valence-electron chi connectivity index (χ3n) is 4.77. The van der Waals surface area contributed by atoms with Crippen LogP contribution in [0.3, 0.4) is 0 Å². The molecule has 0 aromatic heterocycles. The summed E-state index contributed by atoms with van der Waals surface area (Å²) in [4.78, 5) is 26.5. The number of hydrogen-bond donors (Lipinski definition) is 2. The van der Waals surface area contributed by atoms with Crippen molar-refractivity contribution in [1.29, 1.82) is 0 Å². The second-order valence-electron chi connectivity index (χ2n) is 7.94. The van der Waals surface area contributed by atoms with Crippen LogP contribution in [-0.2, 0) is 0 Å². The third-order valence-corrected chi connectivity index (χ3v) is 5.32. The van der Waals surface area contributed by atoms with Crippen LogP contribution in [0.1, 0.15) is 24.2 Å². The molecule has 3 aromatic rings. The molecular weight excluding hydrogens is 445 g/mol. The van der Waals surface area contributed by atoms with Crippen molar-refractivity contribution in [2.75, 3.05) is 24.2 Å². The molecule has 0 fully saturated rings. The van der Waals surface area contributed by atoms with Gasteiger partial charge in [-0.05, 0) is 59.5 Å². The Balaban J connectivity index is 1.62. The Kier molecular flexibility index (Phi) is 7.78. The number of benzene rings is 3. The lowest BCUT2D eigenvalue weighted by Crippen LogP contribution is -2.30. The van der Waals surface area contributed by atoms with Crippen molar-refractivity contribution in [3.05, 3.63) is 82.3 Å². The van der Waals surface area contributed by atoms with Crippen molar-refractivity contribution in [1.82, 2.24) is 4.90 Å². The number of urea groups is 1. The van der Waals surface area contributed by atoms with Gasteiger partial charge in [0, 0.05) is 29.9 Å². The fourth-order valence-electron chi connectivity index (χ4n) is 3.28. The van der Waals surface area contributed by atoms with Gasteiger partial charge >= 0.3 is 6.03 Å². The molecule has 0 aliphatic rings. The van der Waals surface area contributed by atoms with E-state index < -0.39 is 6.03 Å². The largest absolute Gasteiger partial charge is 0.341 e. The van der Waals surface area contributed by atoms with Gasteiger partial charge < -0.3 is 15.5 Å². The molecule has 0 aliphatic carbocycles. The van der Waals surface area contributed by atoms with Crippen LogP contribution in [0.4, 0.5) is 16.2 Å². The van der Waals surface area contributed by atoms with Crippen LogP contribution < -0.4 is 10.6 Å². The minimum absolute atomic E-state index is 0.0107. The van der Waals surface area contributed by atoms with Crippen molar-refractivity contribution in [2.45, 2.75) is 13.8 Å². The number of anilines is 2. The maximum Gasteiger partial charge on any atom is 0.323 e. The molecule has 32 heavy (non-hydrogen) atoms. The molecular formula is C25H25Cl2N3O2. The molecule has 0 heterocycles. The van der Waals surface area contributed by atoms with Crippen molar-refractivity contribution in [2.24, 2.45) is 5.92 Å². The van der Waals surface area contributed by atoms with E-state index in [4.69, 9.17) is 23.2 Å². The maximum absolute atomic E-state index is 12.5. The van der Waals surface area contributed by atoms with Gasteiger partial charge in [0.2, 0.25) is 0 Å². The molecule has 0 radical (unpaired) electrons. The van der Waals surface area contributed by atoms with Gasteiger partial charge in [-0.1, -0.05) is 61.3 Å². The summed E-state index contributed by atoms with van der Waals surface area (Å²) in [7, 11) is 1.82. The van der Waals surface area contributed by atoms with Gasteiger partial charge in [0.1, 0.15) is 0 Å². The molecule has 2 N–H and O–H groups in total. The van der Waals surface area contributed by atoms with E-state index in [0.717, 1.165) is 11.1 Å². The maximum atomic E-state index is 12.5. The summed E-state index contributed by atoms with van der Waals surface area (Å²) in [5.74, 6) is 0.428. The van der Waals surface area contributed by atoms with E-state index in [1.165, 1.54) is 0 Å². The van der Waals surface area contributed by atoms with E-state index in [0.29, 0.717) is 39.4 Å². The first-order valence-corrected chi connectivity index (χ1v) is 11.0. The quantitative estimate of drug-likeness (QED) is 0.406. The summed E-state index contributed by atoms with van der Waals surface area (Å²) in [5.41, 5.74) is 3.73. The number of carbonyl (C=O) groups is 2. The molecule has 3 rings (SSSR count). The Bertz CT molecular complexity index is 1100. The van der Waals surface area contributed by atoms with E-state index in [9.17, 15) is 9.59 Å². The van der Waals surface area contributed by atoms with Gasteiger partial charge in [0.25, 0.3) is 5.91 Å². The number of nitrogens with one attached hydrogen (secondary N) is 2. The molecule has 0 saturated heterocycles. The van der Waals surface area contributed by atoms with Gasteiger partial charge in [0.05, 0.1) is 10.7 Å². The highest BCUT2D eigenvalue weighted by molar-refractivity contribution is 6.36. The fourth-order valence-corrected chi connectivity index (χ4v) is 3.73. The summed E-state index contributed by atoms with van der Waals surface area (Å²) in [6.07, 6.45) is 0. The summed E-state index contributed by atoms with van der Waals surface area (Å²) in [6, 6.07) is 19.4. The average molecular weight is 470 g/mol. The van der Waals surface area contributed by atoms with E-state index in [1.54, 1.807) is 23.1 Å². The first-order valence-electron chi connectivity index (χ1n) is 10.2. The smallest absolute Gasteiger partial charge is 0.323 e. The van der Waals surface area contributed by atoms with Crippen molar-refractivity contribution in [3.8, 4) is 11.1 Å². The highest BCUT2D eigenvalue weighted by Crippen LogP contribution is 2.26. The monoisotopic (exact) mass is 469 g/mol. The number of rotatable bonds is 6. The van der Waals surface area contributed by atoms with Gasteiger partial charge in [-0.15, -0.1) is 0 Å². The van der Waals surface area contributed by atoms with Crippen molar-refractivity contribution >= 4 is 46.5 Å². The molecule has 0 unspecified atom stereocenters. The molecule has 5 nitrogen and oxygen atoms in total. The number of hydrogen-bond acceptors (Lipinski definition) is 2. The standard InChI is InChI=1S/C25H25Cl2N3O2/c1-16(2)15-30(3)24(31)19-6-4-17(5-7-19)18-8-11-21(12-9-18)28-25(32)29-23-13-10-20(26)14-22(23)27/h4-14,16H,15H2,1-3H3,(H2,28,29,32). The summed E-state index contributed by atoms with van der Waals surface area (Å²) in [5, 5.41) is 6.32. The van der Waals surface area contributed by atoms with Crippen LogP contribution in [0.25, 0.3) is 11.1 Å². The lowest BCUT2D eigenvalue weighted by Gasteiger charge is -2.19. The number of carbonyl (C=O) groups excluding carboxylic acids is 2. The molecule has 0 atom stereocenters. The van der Waals surface area contributed by atoms with Crippen LogP contribution in [0, 0.1) is 5.92 Å². The molecule has 7 heteroatoms. The highest BCUT2D eigenvalue weighted by Gasteiger charge is 2.13. The van der Waals surface area contributed by atoms with Gasteiger partial charge in [-0.25, -0.2) is 4.79 Å². The Morgan fingerprint density at radius 1 is 0.875 bits per heavy atom. The molecule has 0 aliphatic heterocycles. The SMILES string of the molecule is CC(C)CN(C)C(=O)c1ccc(-c2ccc(NC(=O)Nc3ccc(Cl)cc3Cl)cc2)cc1. The van der Waals surface area contributed by atoms with Crippen LogP contribution in [0.15, 0.2) is 66.7 Å². The number of amides is 3. The van der Waals surface area contributed by atoms with Crippen LogP contribution in [0.5, 0.6) is 0 Å². The number of nitrogens with zero attached hydrogens (tertiary/aromatic N) is 1. The Hall–Kier alpha value is -3.02. The first kappa shape index (κ1) is 23.6. The molecule has 0 spiro atoms. The lowest BCUT2D eigenvalue weighted by molar-refractivity contribution is 0.0779. The Morgan fingerprint density at radius 2 is 1.47 bits per heavy atom. The second-order valence-corrected chi connectivity index (χ2v) is 8.78. The zero-order valence-corrected chi connectivity index (χ0v) is 19.7. The van der Waals surface area contributed by atoms with E-state index in [-0.39, 0.29) is 5.91 Å². The van der Waals surface area contributed by atoms with E-state index >= 15 is 0 Å². The van der Waals surface area contributed by atoms with Crippen LogP contribution in [0.2, 0.25) is 10.0 Å². The topological polar surface area (TPSA) is 61.4 Å². The molecule has 0 bridgehead atoms. The Morgan fingerprint density at radius 3 is 2.03 bits per heavy atom. The van der Waals surface area contributed by atoms with Gasteiger partial charge in [-0.2, -0.15) is 0 Å². The third kappa shape index (κ3) is 6.25. The molecule has 3 amide bonds. The predicted molar refractivity (Wildman–Crippen MR) is 133 cm³/mol. The minimum atomic E-state index is -0.407.